The molecule has 0 saturated heterocycles. The summed E-state index contributed by atoms with van der Waals surface area (Å²) in [6, 6.07) is 10.8. The molecule has 0 saturated carbocycles. The molecule has 3 rings (SSSR count). The third-order valence-corrected chi connectivity index (χ3v) is 5.01. The van der Waals surface area contributed by atoms with E-state index in [4.69, 9.17) is 10.4 Å². The van der Waals surface area contributed by atoms with E-state index in [0.717, 1.165) is 12.1 Å². The molecular weight excluding hydrogens is 449 g/mol. The fraction of sp³-hybridized carbons (Fsp3) is 0.143. The summed E-state index contributed by atoms with van der Waals surface area (Å²) in [5.41, 5.74) is 0.977. The summed E-state index contributed by atoms with van der Waals surface area (Å²) in [5.74, 6) is -1.35. The Hall–Kier alpha value is -3.05. The number of hydrogen-bond donors (Lipinski definition) is 1. The SMILES string of the molecule is Cc1cc(Cn2cc(/C=C(\C#N)C(=O)O)c3c(Br)cccc32)cc(C(F)(F)F)c1. The zero-order chi connectivity index (χ0) is 21.3. The van der Waals surface area contributed by atoms with Crippen LogP contribution in [0.25, 0.3) is 17.0 Å². The van der Waals surface area contributed by atoms with E-state index < -0.39 is 23.3 Å². The molecule has 0 aliphatic carbocycles. The van der Waals surface area contributed by atoms with Gasteiger partial charge in [0.25, 0.3) is 0 Å². The second-order valence-electron chi connectivity index (χ2n) is 6.53. The molecule has 0 aliphatic rings. The van der Waals surface area contributed by atoms with Crippen molar-refractivity contribution in [1.29, 1.82) is 5.26 Å². The van der Waals surface area contributed by atoms with Crippen LogP contribution >= 0.6 is 15.9 Å². The predicted molar refractivity (Wildman–Crippen MR) is 106 cm³/mol. The molecule has 148 valence electrons. The van der Waals surface area contributed by atoms with Gasteiger partial charge in [0.05, 0.1) is 11.1 Å². The molecule has 29 heavy (non-hydrogen) atoms. The molecule has 0 fully saturated rings. The minimum absolute atomic E-state index is 0.153. The standard InChI is InChI=1S/C21H14BrF3N2O2/c1-12-5-13(7-16(6-12)21(23,24)25)10-27-11-15(8-14(9-26)20(28)29)19-17(22)3-2-4-18(19)27/h2-8,11H,10H2,1H3,(H,28,29)/b14-8+. The minimum atomic E-state index is -4.44. The van der Waals surface area contributed by atoms with Crippen molar-refractivity contribution in [3.8, 4) is 6.07 Å². The largest absolute Gasteiger partial charge is 0.477 e. The number of hydrogen-bond acceptors (Lipinski definition) is 2. The van der Waals surface area contributed by atoms with Gasteiger partial charge in [0.1, 0.15) is 11.6 Å². The number of nitriles is 1. The highest BCUT2D eigenvalue weighted by atomic mass is 79.9. The summed E-state index contributed by atoms with van der Waals surface area (Å²) in [5, 5.41) is 18.9. The van der Waals surface area contributed by atoms with E-state index in [2.05, 4.69) is 15.9 Å². The number of nitrogens with zero attached hydrogens (tertiary/aromatic N) is 2. The van der Waals surface area contributed by atoms with Gasteiger partial charge in [0.15, 0.2) is 0 Å². The van der Waals surface area contributed by atoms with E-state index in [9.17, 15) is 18.0 Å². The highest BCUT2D eigenvalue weighted by Gasteiger charge is 2.30. The van der Waals surface area contributed by atoms with Crippen molar-refractivity contribution >= 4 is 38.9 Å². The number of alkyl halides is 3. The number of rotatable bonds is 4. The lowest BCUT2D eigenvalue weighted by Gasteiger charge is -2.12. The number of carboxylic acid groups (broad SMARTS) is 1. The van der Waals surface area contributed by atoms with Crippen molar-refractivity contribution < 1.29 is 23.1 Å². The first kappa shape index (κ1) is 20.7. The van der Waals surface area contributed by atoms with Gasteiger partial charge >= 0.3 is 12.1 Å². The van der Waals surface area contributed by atoms with E-state index in [1.54, 1.807) is 48.0 Å². The van der Waals surface area contributed by atoms with Gasteiger partial charge in [-0.3, -0.25) is 0 Å². The van der Waals surface area contributed by atoms with Crippen LogP contribution in [0.4, 0.5) is 13.2 Å². The molecule has 0 amide bonds. The zero-order valence-corrected chi connectivity index (χ0v) is 16.7. The Kier molecular flexibility index (Phi) is 5.53. The average Bonchev–Trinajstić information content (AvgIpc) is 2.97. The Morgan fingerprint density at radius 2 is 2.03 bits per heavy atom. The molecule has 2 aromatic carbocycles. The molecule has 0 aliphatic heterocycles. The maximum atomic E-state index is 13.1. The Morgan fingerprint density at radius 1 is 1.31 bits per heavy atom. The van der Waals surface area contributed by atoms with Crippen LogP contribution in [0.15, 0.2) is 52.6 Å². The molecule has 0 spiro atoms. The summed E-state index contributed by atoms with van der Waals surface area (Å²) in [4.78, 5) is 11.2. The van der Waals surface area contributed by atoms with Crippen molar-refractivity contribution in [2.45, 2.75) is 19.6 Å². The molecule has 1 heterocycles. The number of aryl methyl sites for hydroxylation is 1. The highest BCUT2D eigenvalue weighted by molar-refractivity contribution is 9.10. The number of aliphatic carboxylic acids is 1. The second-order valence-corrected chi connectivity index (χ2v) is 7.38. The minimum Gasteiger partial charge on any atom is -0.477 e. The monoisotopic (exact) mass is 462 g/mol. The predicted octanol–water partition coefficient (Wildman–Crippen LogP) is 5.77. The van der Waals surface area contributed by atoms with Gasteiger partial charge in [0, 0.05) is 28.2 Å². The second kappa shape index (κ2) is 7.76. The van der Waals surface area contributed by atoms with Gasteiger partial charge in [-0.1, -0.05) is 33.6 Å². The first-order valence-corrected chi connectivity index (χ1v) is 9.19. The summed E-state index contributed by atoms with van der Waals surface area (Å²) in [7, 11) is 0. The Balaban J connectivity index is 2.15. The first-order valence-electron chi connectivity index (χ1n) is 8.40. The topological polar surface area (TPSA) is 66.0 Å². The quantitative estimate of drug-likeness (QED) is 0.395. The molecule has 3 aromatic rings. The summed E-state index contributed by atoms with van der Waals surface area (Å²) < 4.78 is 41.9. The van der Waals surface area contributed by atoms with E-state index in [-0.39, 0.29) is 6.54 Å². The summed E-state index contributed by atoms with van der Waals surface area (Å²) in [6.45, 7) is 1.75. The average molecular weight is 463 g/mol. The van der Waals surface area contributed by atoms with Crippen LogP contribution in [-0.4, -0.2) is 15.6 Å². The number of fused-ring (bicyclic) bond motifs is 1. The molecule has 0 atom stereocenters. The molecular formula is C21H14BrF3N2O2. The van der Waals surface area contributed by atoms with E-state index >= 15 is 0 Å². The zero-order valence-electron chi connectivity index (χ0n) is 15.1. The molecule has 4 nitrogen and oxygen atoms in total. The molecule has 0 bridgehead atoms. The molecule has 1 N–H and O–H groups in total. The van der Waals surface area contributed by atoms with Crippen molar-refractivity contribution in [2.75, 3.05) is 0 Å². The van der Waals surface area contributed by atoms with Crippen molar-refractivity contribution in [2.24, 2.45) is 0 Å². The van der Waals surface area contributed by atoms with Crippen LogP contribution in [-0.2, 0) is 17.5 Å². The number of carbonyl (C=O) groups is 1. The lowest BCUT2D eigenvalue weighted by Crippen LogP contribution is -2.07. The van der Waals surface area contributed by atoms with Crippen molar-refractivity contribution in [1.82, 2.24) is 4.57 Å². The molecule has 1 aromatic heterocycles. The van der Waals surface area contributed by atoms with E-state index in [1.807, 2.05) is 0 Å². The van der Waals surface area contributed by atoms with E-state index in [1.165, 1.54) is 6.08 Å². The number of halogens is 4. The van der Waals surface area contributed by atoms with Gasteiger partial charge in [-0.2, -0.15) is 18.4 Å². The highest BCUT2D eigenvalue weighted by Crippen LogP contribution is 2.33. The normalized spacial score (nSPS) is 12.2. The van der Waals surface area contributed by atoms with Gasteiger partial charge in [-0.05, 0) is 42.8 Å². The molecule has 0 radical (unpaired) electrons. The smallest absolute Gasteiger partial charge is 0.416 e. The van der Waals surface area contributed by atoms with E-state index in [0.29, 0.717) is 32.1 Å². The van der Waals surface area contributed by atoms with Crippen LogP contribution in [0.1, 0.15) is 22.3 Å². The van der Waals surface area contributed by atoms with Crippen LogP contribution in [0.3, 0.4) is 0 Å². The van der Waals surface area contributed by atoms with Crippen LogP contribution < -0.4 is 0 Å². The summed E-state index contributed by atoms with van der Waals surface area (Å²) in [6.07, 6.45) is -1.56. The third kappa shape index (κ3) is 4.35. The van der Waals surface area contributed by atoms with Crippen LogP contribution in [0.2, 0.25) is 0 Å². The van der Waals surface area contributed by atoms with Gasteiger partial charge in [-0.15, -0.1) is 0 Å². The van der Waals surface area contributed by atoms with Crippen LogP contribution in [0.5, 0.6) is 0 Å². The van der Waals surface area contributed by atoms with Crippen molar-refractivity contribution in [3.63, 3.8) is 0 Å². The summed E-state index contributed by atoms with van der Waals surface area (Å²) >= 11 is 3.42. The lowest BCUT2D eigenvalue weighted by molar-refractivity contribution is -0.137. The third-order valence-electron chi connectivity index (χ3n) is 4.35. The maximum Gasteiger partial charge on any atom is 0.416 e. The molecule has 8 heteroatoms. The molecule has 0 unspecified atom stereocenters. The van der Waals surface area contributed by atoms with Crippen LogP contribution in [0, 0.1) is 18.3 Å². The fourth-order valence-corrected chi connectivity index (χ4v) is 3.78. The van der Waals surface area contributed by atoms with Gasteiger partial charge in [0.2, 0.25) is 0 Å². The Labute approximate surface area is 172 Å². The number of benzene rings is 2. The maximum absolute atomic E-state index is 13.1. The first-order chi connectivity index (χ1) is 13.6. The lowest BCUT2D eigenvalue weighted by atomic mass is 10.1. The van der Waals surface area contributed by atoms with Gasteiger partial charge in [-0.25, -0.2) is 4.79 Å². The fourth-order valence-electron chi connectivity index (χ4n) is 3.19. The Bertz CT molecular complexity index is 1190. The number of carboxylic acids is 1. The Morgan fingerprint density at radius 3 is 2.66 bits per heavy atom. The number of aromatic nitrogens is 1. The van der Waals surface area contributed by atoms with Gasteiger partial charge < -0.3 is 9.67 Å². The van der Waals surface area contributed by atoms with Crippen molar-refractivity contribution in [3.05, 3.63) is 74.9 Å².